The zero-order valence-corrected chi connectivity index (χ0v) is 30.4. The second-order valence-electron chi connectivity index (χ2n) is 13.1. The quantitative estimate of drug-likeness (QED) is 0.0804. The molecule has 2 aliphatic heterocycles. The second-order valence-corrected chi connectivity index (χ2v) is 13.1. The highest BCUT2D eigenvalue weighted by Crippen LogP contribution is 2.48. The summed E-state index contributed by atoms with van der Waals surface area (Å²) in [6.07, 6.45) is 0.442. The molecule has 0 atom stereocenters. The molecule has 288 valence electrons. The van der Waals surface area contributed by atoms with Crippen molar-refractivity contribution in [1.29, 1.82) is 0 Å². The van der Waals surface area contributed by atoms with Crippen LogP contribution in [0, 0.1) is 23.3 Å². The van der Waals surface area contributed by atoms with Crippen LogP contribution in [0.15, 0.2) is 60.7 Å². The van der Waals surface area contributed by atoms with Gasteiger partial charge in [0.2, 0.25) is 11.6 Å². The number of aliphatic carboxylic acids is 1. The fourth-order valence-electron chi connectivity index (χ4n) is 5.65. The van der Waals surface area contributed by atoms with Crippen LogP contribution in [0.3, 0.4) is 0 Å². The lowest BCUT2D eigenvalue weighted by molar-refractivity contribution is -0.143. The van der Waals surface area contributed by atoms with Gasteiger partial charge in [0.15, 0.2) is 57.8 Å². The van der Waals surface area contributed by atoms with Crippen molar-refractivity contribution >= 4 is 11.9 Å². The molecule has 0 saturated heterocycles. The van der Waals surface area contributed by atoms with Gasteiger partial charge < -0.3 is 38.3 Å². The molecule has 2 heterocycles. The average Bonchev–Trinajstić information content (AvgIpc) is 3.59. The highest BCUT2D eigenvalue weighted by atomic mass is 19.1. The summed E-state index contributed by atoms with van der Waals surface area (Å²) in [6, 6.07) is 15.0. The monoisotopic (exact) mass is 756 g/mol. The SMILES string of the molecule is CC1(C)Oc2cccc(-c3cc(F)c(OCCCC(=O)O)c(F)c3)c2O1.CCOC(=O)CCCOc1c(F)cc(-c2cccc3c2OC(C)(C)O3)cc1F. The van der Waals surface area contributed by atoms with E-state index in [0.717, 1.165) is 12.1 Å². The summed E-state index contributed by atoms with van der Waals surface area (Å²) < 4.78 is 95.5. The highest BCUT2D eigenvalue weighted by Gasteiger charge is 2.35. The van der Waals surface area contributed by atoms with Crippen molar-refractivity contribution in [3.05, 3.63) is 83.9 Å². The Labute approximate surface area is 309 Å². The minimum absolute atomic E-state index is 0.00211. The number of halogens is 4. The number of rotatable bonds is 13. The number of ether oxygens (including phenoxy) is 7. The number of hydrogen-bond donors (Lipinski definition) is 1. The molecule has 0 bridgehead atoms. The first-order chi connectivity index (χ1) is 25.6. The molecule has 0 radical (unpaired) electrons. The Morgan fingerprint density at radius 2 is 1.06 bits per heavy atom. The Kier molecular flexibility index (Phi) is 12.1. The lowest BCUT2D eigenvalue weighted by Crippen LogP contribution is -2.29. The van der Waals surface area contributed by atoms with Crippen LogP contribution in [-0.2, 0) is 14.3 Å². The van der Waals surface area contributed by atoms with Crippen molar-refractivity contribution in [2.45, 2.75) is 71.9 Å². The molecule has 4 aromatic carbocycles. The maximum Gasteiger partial charge on any atom is 0.305 e. The van der Waals surface area contributed by atoms with Crippen LogP contribution in [0.4, 0.5) is 17.6 Å². The minimum Gasteiger partial charge on any atom is -0.488 e. The molecule has 14 heteroatoms. The number of carbonyl (C=O) groups is 2. The fourth-order valence-corrected chi connectivity index (χ4v) is 5.65. The van der Waals surface area contributed by atoms with Gasteiger partial charge >= 0.3 is 11.9 Å². The average molecular weight is 757 g/mol. The Hall–Kier alpha value is -5.66. The van der Waals surface area contributed by atoms with Crippen molar-refractivity contribution in [3.63, 3.8) is 0 Å². The van der Waals surface area contributed by atoms with E-state index in [1.807, 2.05) is 0 Å². The summed E-state index contributed by atoms with van der Waals surface area (Å²) >= 11 is 0. The van der Waals surface area contributed by atoms with Crippen LogP contribution >= 0.6 is 0 Å². The molecule has 0 saturated carbocycles. The van der Waals surface area contributed by atoms with Crippen molar-refractivity contribution in [2.75, 3.05) is 19.8 Å². The van der Waals surface area contributed by atoms with Crippen LogP contribution in [0.25, 0.3) is 22.3 Å². The van der Waals surface area contributed by atoms with Gasteiger partial charge in [0.25, 0.3) is 0 Å². The molecule has 0 fully saturated rings. The predicted molar refractivity (Wildman–Crippen MR) is 188 cm³/mol. The van der Waals surface area contributed by atoms with Gasteiger partial charge in [-0.2, -0.15) is 0 Å². The topological polar surface area (TPSA) is 119 Å². The van der Waals surface area contributed by atoms with Crippen molar-refractivity contribution < 1.29 is 65.4 Å². The van der Waals surface area contributed by atoms with Crippen LogP contribution in [-0.4, -0.2) is 48.4 Å². The maximum atomic E-state index is 14.5. The molecule has 0 unspecified atom stereocenters. The molecule has 10 nitrogen and oxygen atoms in total. The lowest BCUT2D eigenvalue weighted by atomic mass is 10.0. The first-order valence-corrected chi connectivity index (χ1v) is 17.2. The van der Waals surface area contributed by atoms with Gasteiger partial charge in [0, 0.05) is 51.7 Å². The van der Waals surface area contributed by atoms with Crippen LogP contribution < -0.4 is 28.4 Å². The Bertz CT molecular complexity index is 1970. The first-order valence-electron chi connectivity index (χ1n) is 17.2. The standard InChI is InChI=1S/C21H22F2O5.C19H18F2O5/c1-4-25-18(24)9-6-10-26-20-15(22)11-13(12-16(20)23)14-7-5-8-17-19(14)28-21(2,3)27-17;1-19(2)25-15-6-3-5-12(17(15)26-19)11-9-13(20)18(14(21)10-11)24-8-4-7-16(22)23/h5,7-8,11-12H,4,6,9-10H2,1-3H3;3,5-6,9-10H,4,7-8H2,1-2H3,(H,22,23). The largest absolute Gasteiger partial charge is 0.488 e. The highest BCUT2D eigenvalue weighted by molar-refractivity contribution is 5.76. The van der Waals surface area contributed by atoms with E-state index in [4.69, 9.17) is 38.3 Å². The molecule has 54 heavy (non-hydrogen) atoms. The molecule has 4 aromatic rings. The van der Waals surface area contributed by atoms with Crippen molar-refractivity contribution in [1.82, 2.24) is 0 Å². The smallest absolute Gasteiger partial charge is 0.305 e. The van der Waals surface area contributed by atoms with E-state index < -0.39 is 52.3 Å². The van der Waals surface area contributed by atoms with Gasteiger partial charge in [0.1, 0.15) is 0 Å². The first kappa shape index (κ1) is 39.5. The van der Waals surface area contributed by atoms with Gasteiger partial charge in [-0.05, 0) is 67.3 Å². The molecule has 1 N–H and O–H groups in total. The number of esters is 1. The van der Waals surface area contributed by atoms with Crippen LogP contribution in [0.5, 0.6) is 34.5 Å². The van der Waals surface area contributed by atoms with Crippen LogP contribution in [0.2, 0.25) is 0 Å². The number of para-hydroxylation sites is 2. The van der Waals surface area contributed by atoms with Gasteiger partial charge in [-0.3, -0.25) is 9.59 Å². The zero-order chi connectivity index (χ0) is 39.2. The number of hydrogen-bond acceptors (Lipinski definition) is 9. The van der Waals surface area contributed by atoms with Gasteiger partial charge in [0.05, 0.1) is 19.8 Å². The molecule has 0 spiro atoms. The molecule has 0 aromatic heterocycles. The number of benzene rings is 4. The number of carboxylic acid groups (broad SMARTS) is 1. The maximum absolute atomic E-state index is 14.5. The molecule has 0 amide bonds. The fraction of sp³-hybridized carbons (Fsp3) is 0.350. The van der Waals surface area contributed by atoms with Crippen molar-refractivity contribution in [3.8, 4) is 56.8 Å². The van der Waals surface area contributed by atoms with Crippen molar-refractivity contribution in [2.24, 2.45) is 0 Å². The number of carbonyl (C=O) groups excluding carboxylic acids is 1. The second kappa shape index (κ2) is 16.6. The lowest BCUT2D eigenvalue weighted by Gasteiger charge is -2.17. The van der Waals surface area contributed by atoms with E-state index in [1.165, 1.54) is 12.1 Å². The minimum atomic E-state index is -0.993. The Balaban J connectivity index is 0.000000208. The summed E-state index contributed by atoms with van der Waals surface area (Å²) in [7, 11) is 0. The zero-order valence-electron chi connectivity index (χ0n) is 30.4. The molecular formula is C40H40F4O10. The van der Waals surface area contributed by atoms with Gasteiger partial charge in [-0.1, -0.05) is 24.3 Å². The van der Waals surface area contributed by atoms with E-state index in [1.54, 1.807) is 71.0 Å². The van der Waals surface area contributed by atoms with E-state index in [9.17, 15) is 27.2 Å². The third-order valence-corrected chi connectivity index (χ3v) is 7.84. The summed E-state index contributed by atoms with van der Waals surface area (Å²) in [5.74, 6) is -5.59. The van der Waals surface area contributed by atoms with E-state index in [0.29, 0.717) is 52.7 Å². The Morgan fingerprint density at radius 1 is 0.648 bits per heavy atom. The van der Waals surface area contributed by atoms with Gasteiger partial charge in [-0.15, -0.1) is 0 Å². The summed E-state index contributed by atoms with van der Waals surface area (Å²) in [4.78, 5) is 21.7. The third kappa shape index (κ3) is 9.65. The summed E-state index contributed by atoms with van der Waals surface area (Å²) in [6.45, 7) is 8.90. The molecular weight excluding hydrogens is 716 g/mol. The molecule has 0 aliphatic carbocycles. The third-order valence-electron chi connectivity index (χ3n) is 7.84. The number of fused-ring (bicyclic) bond motifs is 2. The van der Waals surface area contributed by atoms with Crippen LogP contribution in [0.1, 0.15) is 60.3 Å². The molecule has 6 rings (SSSR count). The van der Waals surface area contributed by atoms with Gasteiger partial charge in [-0.25, -0.2) is 17.6 Å². The number of carboxylic acids is 1. The van der Waals surface area contributed by atoms with E-state index >= 15 is 0 Å². The molecule has 2 aliphatic rings. The van der Waals surface area contributed by atoms with E-state index in [2.05, 4.69) is 0 Å². The normalized spacial score (nSPS) is 14.2. The van der Waals surface area contributed by atoms with E-state index in [-0.39, 0.29) is 44.0 Å². The predicted octanol–water partition coefficient (Wildman–Crippen LogP) is 9.24. The Morgan fingerprint density at radius 3 is 1.44 bits per heavy atom. The summed E-state index contributed by atoms with van der Waals surface area (Å²) in [5.41, 5.74) is 1.63. The summed E-state index contributed by atoms with van der Waals surface area (Å²) in [5, 5.41) is 8.57.